The van der Waals surface area contributed by atoms with Gasteiger partial charge in [-0.1, -0.05) is 37.8 Å². The Morgan fingerprint density at radius 3 is 2.88 bits per heavy atom. The van der Waals surface area contributed by atoms with E-state index in [1.807, 2.05) is 22.9 Å². The van der Waals surface area contributed by atoms with Gasteiger partial charge < -0.3 is 14.4 Å². The Morgan fingerprint density at radius 1 is 1.33 bits per heavy atom. The van der Waals surface area contributed by atoms with Crippen LogP contribution in [0.25, 0.3) is 0 Å². The smallest absolute Gasteiger partial charge is 0.148 e. The molecular formula is C19H28N2O2Si. The van der Waals surface area contributed by atoms with Crippen LogP contribution in [0.15, 0.2) is 30.6 Å². The molecule has 1 N–H and O–H groups in total. The number of rotatable bonds is 6. The third-order valence-corrected chi connectivity index (χ3v) is 6.61. The molecule has 130 valence electrons. The van der Waals surface area contributed by atoms with Gasteiger partial charge in [0, 0.05) is 27.1 Å². The number of benzene rings is 1. The second-order valence-electron chi connectivity index (χ2n) is 8.03. The van der Waals surface area contributed by atoms with Crippen molar-refractivity contribution >= 4 is 8.07 Å². The van der Waals surface area contributed by atoms with Gasteiger partial charge in [-0.15, -0.1) is 0 Å². The third kappa shape index (κ3) is 3.34. The number of fused-ring (bicyclic) bond motifs is 1. The SMILES string of the molecule is Cc1cccc2c1CCC2(O)c1nccn1COCC[Si](C)(C)C. The van der Waals surface area contributed by atoms with E-state index in [1.54, 1.807) is 6.20 Å². The summed E-state index contributed by atoms with van der Waals surface area (Å²) in [6, 6.07) is 7.29. The number of ether oxygens (including phenoxy) is 1. The molecule has 1 aromatic heterocycles. The van der Waals surface area contributed by atoms with E-state index in [1.165, 1.54) is 11.1 Å². The average Bonchev–Trinajstić information content (AvgIpc) is 3.10. The lowest BCUT2D eigenvalue weighted by molar-refractivity contribution is 0.0443. The molecule has 0 spiro atoms. The molecule has 0 bridgehead atoms. The fourth-order valence-corrected chi connectivity index (χ4v) is 4.17. The molecule has 1 aromatic carbocycles. The van der Waals surface area contributed by atoms with Gasteiger partial charge in [0.15, 0.2) is 0 Å². The highest BCUT2D eigenvalue weighted by Crippen LogP contribution is 2.42. The fourth-order valence-electron chi connectivity index (χ4n) is 3.41. The van der Waals surface area contributed by atoms with Crippen molar-refractivity contribution in [1.29, 1.82) is 0 Å². The van der Waals surface area contributed by atoms with Gasteiger partial charge in [-0.2, -0.15) is 0 Å². The average molecular weight is 345 g/mol. The maximum atomic E-state index is 11.4. The van der Waals surface area contributed by atoms with Crippen molar-refractivity contribution < 1.29 is 9.84 Å². The maximum absolute atomic E-state index is 11.4. The van der Waals surface area contributed by atoms with E-state index >= 15 is 0 Å². The maximum Gasteiger partial charge on any atom is 0.148 e. The van der Waals surface area contributed by atoms with Crippen LogP contribution >= 0.6 is 0 Å². The van der Waals surface area contributed by atoms with Crippen LogP contribution in [0.3, 0.4) is 0 Å². The molecule has 0 fully saturated rings. The predicted molar refractivity (Wildman–Crippen MR) is 98.8 cm³/mol. The first-order chi connectivity index (χ1) is 11.3. The van der Waals surface area contributed by atoms with Crippen molar-refractivity contribution in [1.82, 2.24) is 9.55 Å². The van der Waals surface area contributed by atoms with Gasteiger partial charge in [0.2, 0.25) is 0 Å². The monoisotopic (exact) mass is 344 g/mol. The van der Waals surface area contributed by atoms with E-state index in [0.29, 0.717) is 19.0 Å². The van der Waals surface area contributed by atoms with E-state index < -0.39 is 13.7 Å². The van der Waals surface area contributed by atoms with Crippen molar-refractivity contribution in [3.63, 3.8) is 0 Å². The predicted octanol–water partition coefficient (Wildman–Crippen LogP) is 3.69. The summed E-state index contributed by atoms with van der Waals surface area (Å²) in [5.74, 6) is 0.694. The number of aromatic nitrogens is 2. The molecule has 0 radical (unpaired) electrons. The first-order valence-electron chi connectivity index (χ1n) is 8.72. The Hall–Kier alpha value is -1.43. The Morgan fingerprint density at radius 2 is 2.12 bits per heavy atom. The van der Waals surface area contributed by atoms with Crippen LogP contribution in [0.4, 0.5) is 0 Å². The topological polar surface area (TPSA) is 47.3 Å². The number of aliphatic hydroxyl groups is 1. The quantitative estimate of drug-likeness (QED) is 0.642. The van der Waals surface area contributed by atoms with Crippen molar-refractivity contribution in [2.45, 2.75) is 57.8 Å². The molecule has 1 unspecified atom stereocenters. The molecule has 0 saturated carbocycles. The third-order valence-electron chi connectivity index (χ3n) is 4.90. The van der Waals surface area contributed by atoms with Crippen LogP contribution in [0.5, 0.6) is 0 Å². The largest absolute Gasteiger partial charge is 0.377 e. The molecule has 3 rings (SSSR count). The highest BCUT2D eigenvalue weighted by Gasteiger charge is 2.42. The highest BCUT2D eigenvalue weighted by molar-refractivity contribution is 6.76. The zero-order valence-corrected chi connectivity index (χ0v) is 16.2. The Balaban J connectivity index is 1.78. The Kier molecular flexibility index (Phi) is 4.68. The van der Waals surface area contributed by atoms with E-state index in [4.69, 9.17) is 4.74 Å². The highest BCUT2D eigenvalue weighted by atomic mass is 28.3. The number of imidazole rings is 1. The second kappa shape index (κ2) is 6.46. The van der Waals surface area contributed by atoms with Crippen LogP contribution in [0, 0.1) is 6.92 Å². The lowest BCUT2D eigenvalue weighted by atomic mass is 9.94. The van der Waals surface area contributed by atoms with Gasteiger partial charge in [-0.05, 0) is 42.5 Å². The molecule has 1 heterocycles. The van der Waals surface area contributed by atoms with Crippen LogP contribution < -0.4 is 0 Å². The molecular weight excluding hydrogens is 316 g/mol. The summed E-state index contributed by atoms with van der Waals surface area (Å²) < 4.78 is 7.80. The van der Waals surface area contributed by atoms with Crippen LogP contribution in [0.2, 0.25) is 25.7 Å². The minimum atomic E-state index is -1.09. The van der Waals surface area contributed by atoms with Crippen molar-refractivity contribution in [2.75, 3.05) is 6.61 Å². The first-order valence-corrected chi connectivity index (χ1v) is 12.4. The Labute approximate surface area is 145 Å². The molecule has 1 aliphatic rings. The number of hydrogen-bond acceptors (Lipinski definition) is 3. The lowest BCUT2D eigenvalue weighted by Gasteiger charge is -2.25. The number of nitrogens with zero attached hydrogens (tertiary/aromatic N) is 2. The summed E-state index contributed by atoms with van der Waals surface area (Å²) in [7, 11) is -1.09. The van der Waals surface area contributed by atoms with Crippen molar-refractivity contribution in [3.8, 4) is 0 Å². The standard InChI is InChI=1S/C19H28N2O2Si/c1-15-6-5-7-17-16(15)8-9-19(17,22)18-20-10-11-21(18)14-23-12-13-24(2,3)4/h5-7,10-11,22H,8-9,12-14H2,1-4H3. The molecule has 0 aliphatic heterocycles. The van der Waals surface area contributed by atoms with Gasteiger partial charge in [-0.25, -0.2) is 4.98 Å². The first kappa shape index (κ1) is 17.4. The van der Waals surface area contributed by atoms with E-state index in [0.717, 1.165) is 24.6 Å². The van der Waals surface area contributed by atoms with Crippen molar-refractivity contribution in [2.24, 2.45) is 0 Å². The molecule has 2 aromatic rings. The minimum Gasteiger partial charge on any atom is -0.377 e. The zero-order chi connectivity index (χ0) is 17.4. The van der Waals surface area contributed by atoms with E-state index in [9.17, 15) is 5.11 Å². The molecule has 1 atom stereocenters. The number of aryl methyl sites for hydroxylation is 1. The summed E-state index contributed by atoms with van der Waals surface area (Å²) in [6.45, 7) is 10.4. The van der Waals surface area contributed by atoms with Gasteiger partial charge >= 0.3 is 0 Å². The van der Waals surface area contributed by atoms with E-state index in [2.05, 4.69) is 37.6 Å². The molecule has 4 nitrogen and oxygen atoms in total. The summed E-state index contributed by atoms with van der Waals surface area (Å²) in [6.07, 6.45) is 5.22. The van der Waals surface area contributed by atoms with Crippen LogP contribution in [0.1, 0.15) is 28.9 Å². The summed E-state index contributed by atoms with van der Waals surface area (Å²) in [5, 5.41) is 11.4. The van der Waals surface area contributed by atoms with Crippen LogP contribution in [-0.4, -0.2) is 29.3 Å². The summed E-state index contributed by atoms with van der Waals surface area (Å²) in [5.41, 5.74) is 2.49. The Bertz CT molecular complexity index is 720. The normalized spacial score (nSPS) is 20.4. The van der Waals surface area contributed by atoms with Gasteiger partial charge in [-0.3, -0.25) is 0 Å². The lowest BCUT2D eigenvalue weighted by Crippen LogP contribution is -2.29. The van der Waals surface area contributed by atoms with Crippen LogP contribution in [-0.2, 0) is 23.5 Å². The molecule has 0 amide bonds. The molecule has 1 aliphatic carbocycles. The minimum absolute atomic E-state index is 0.448. The summed E-state index contributed by atoms with van der Waals surface area (Å²) >= 11 is 0. The van der Waals surface area contributed by atoms with Gasteiger partial charge in [0.1, 0.15) is 18.2 Å². The molecule has 24 heavy (non-hydrogen) atoms. The zero-order valence-electron chi connectivity index (χ0n) is 15.2. The van der Waals surface area contributed by atoms with Crippen molar-refractivity contribution in [3.05, 3.63) is 53.1 Å². The fraction of sp³-hybridized carbons (Fsp3) is 0.526. The van der Waals surface area contributed by atoms with E-state index in [-0.39, 0.29) is 0 Å². The second-order valence-corrected chi connectivity index (χ2v) is 13.7. The number of hydrogen-bond donors (Lipinski definition) is 1. The summed E-state index contributed by atoms with van der Waals surface area (Å²) in [4.78, 5) is 4.47. The molecule has 0 saturated heterocycles. The van der Waals surface area contributed by atoms with Gasteiger partial charge in [0.05, 0.1) is 0 Å². The molecule has 5 heteroatoms. The van der Waals surface area contributed by atoms with Gasteiger partial charge in [0.25, 0.3) is 0 Å².